The van der Waals surface area contributed by atoms with Gasteiger partial charge in [-0.2, -0.15) is 0 Å². The fourth-order valence-corrected chi connectivity index (χ4v) is 7.33. The van der Waals surface area contributed by atoms with Crippen LogP contribution in [0.1, 0.15) is 239 Å². The number of esters is 3. The first-order valence-electron chi connectivity index (χ1n) is 28.7. The fourth-order valence-electron chi connectivity index (χ4n) is 7.33. The van der Waals surface area contributed by atoms with Crippen molar-refractivity contribution in [3.05, 3.63) is 134 Å². The largest absolute Gasteiger partial charge is 0.462 e. The van der Waals surface area contributed by atoms with Gasteiger partial charge in [-0.15, -0.1) is 0 Å². The second-order valence-corrected chi connectivity index (χ2v) is 18.5. The number of allylic oxidation sites excluding steroid dienone is 22. The van der Waals surface area contributed by atoms with Gasteiger partial charge in [-0.1, -0.05) is 225 Å². The molecule has 0 aliphatic heterocycles. The zero-order valence-corrected chi connectivity index (χ0v) is 45.7. The van der Waals surface area contributed by atoms with Gasteiger partial charge < -0.3 is 14.2 Å². The van der Waals surface area contributed by atoms with E-state index in [1.165, 1.54) is 77.0 Å². The summed E-state index contributed by atoms with van der Waals surface area (Å²) in [5, 5.41) is 0. The van der Waals surface area contributed by atoms with E-state index in [9.17, 15) is 14.4 Å². The summed E-state index contributed by atoms with van der Waals surface area (Å²) in [6, 6.07) is 0. The molecule has 0 amide bonds. The Labute approximate surface area is 436 Å². The molecule has 400 valence electrons. The van der Waals surface area contributed by atoms with Crippen molar-refractivity contribution in [2.24, 2.45) is 0 Å². The molecule has 0 aliphatic carbocycles. The van der Waals surface area contributed by atoms with Gasteiger partial charge in [-0.25, -0.2) is 0 Å². The number of unbranched alkanes of at least 4 members (excludes halogenated alkanes) is 17. The maximum atomic E-state index is 12.8. The van der Waals surface area contributed by atoms with Gasteiger partial charge in [-0.3, -0.25) is 14.4 Å². The summed E-state index contributed by atoms with van der Waals surface area (Å²) >= 11 is 0. The Morgan fingerprint density at radius 2 is 0.577 bits per heavy atom. The summed E-state index contributed by atoms with van der Waals surface area (Å²) in [5.74, 6) is -1.06. The van der Waals surface area contributed by atoms with Crippen LogP contribution in [-0.4, -0.2) is 37.2 Å². The molecule has 0 bridgehead atoms. The van der Waals surface area contributed by atoms with E-state index in [1.54, 1.807) is 0 Å². The summed E-state index contributed by atoms with van der Waals surface area (Å²) in [6.45, 7) is 6.39. The molecule has 6 nitrogen and oxygen atoms in total. The highest BCUT2D eigenvalue weighted by molar-refractivity contribution is 5.71. The van der Waals surface area contributed by atoms with Crippen molar-refractivity contribution in [3.63, 3.8) is 0 Å². The lowest BCUT2D eigenvalue weighted by Gasteiger charge is -2.18. The van der Waals surface area contributed by atoms with Crippen molar-refractivity contribution in [2.45, 2.75) is 245 Å². The minimum Gasteiger partial charge on any atom is -0.462 e. The predicted molar refractivity (Wildman–Crippen MR) is 306 cm³/mol. The van der Waals surface area contributed by atoms with Crippen LogP contribution < -0.4 is 0 Å². The Kier molecular flexibility index (Phi) is 54.5. The molecular formula is C65H104O6. The first kappa shape index (κ1) is 66.6. The van der Waals surface area contributed by atoms with Crippen LogP contribution in [0.25, 0.3) is 0 Å². The van der Waals surface area contributed by atoms with Crippen molar-refractivity contribution in [1.82, 2.24) is 0 Å². The van der Waals surface area contributed by atoms with Crippen molar-refractivity contribution >= 4 is 17.9 Å². The normalized spacial score (nSPS) is 13.1. The molecule has 0 spiro atoms. The van der Waals surface area contributed by atoms with Crippen LogP contribution in [0.15, 0.2) is 134 Å². The second-order valence-electron chi connectivity index (χ2n) is 18.5. The van der Waals surface area contributed by atoms with E-state index in [0.29, 0.717) is 19.3 Å². The molecule has 0 rings (SSSR count). The smallest absolute Gasteiger partial charge is 0.306 e. The van der Waals surface area contributed by atoms with Crippen LogP contribution >= 0.6 is 0 Å². The van der Waals surface area contributed by atoms with Crippen LogP contribution in [-0.2, 0) is 28.6 Å². The standard InChI is InChI=1S/C65H104O6/c1-4-7-10-13-16-19-22-25-28-30-32-34-37-40-43-46-49-52-55-58-64(67)70-61-62(60-69-63(66)57-54-51-48-45-42-39-36-27-24-21-18-15-12-9-6-3)71-65(68)59-56-53-50-47-44-41-38-35-33-31-29-26-23-20-17-14-11-8-5-2/h7,10,16-17,19-20,25-29,32-36,40-41,43-44,50,53,62H,4-6,8-9,11-15,18,21-24,30-31,37-39,42,45-49,51-52,54-61H2,1-3H3/b10-7-,19-16-,20-17-,28-25-,29-26-,34-32-,35-33-,36-27-,43-40-,44-41-,53-50-/t62-/m0/s1. The monoisotopic (exact) mass is 981 g/mol. The van der Waals surface area contributed by atoms with Gasteiger partial charge in [0.2, 0.25) is 0 Å². The van der Waals surface area contributed by atoms with Crippen LogP contribution in [0.2, 0.25) is 0 Å². The molecule has 0 aromatic heterocycles. The van der Waals surface area contributed by atoms with E-state index in [2.05, 4.69) is 142 Å². The second kappa shape index (κ2) is 58.1. The number of carbonyl (C=O) groups is 3. The lowest BCUT2D eigenvalue weighted by molar-refractivity contribution is -0.166. The van der Waals surface area contributed by atoms with Crippen LogP contribution in [0.3, 0.4) is 0 Å². The molecule has 1 atom stereocenters. The summed E-state index contributed by atoms with van der Waals surface area (Å²) in [7, 11) is 0. The maximum absolute atomic E-state index is 12.8. The molecule has 0 N–H and O–H groups in total. The summed E-state index contributed by atoms with van der Waals surface area (Å²) in [4.78, 5) is 38.1. The van der Waals surface area contributed by atoms with E-state index in [0.717, 1.165) is 116 Å². The minimum absolute atomic E-state index is 0.127. The van der Waals surface area contributed by atoms with E-state index >= 15 is 0 Å². The summed E-state index contributed by atoms with van der Waals surface area (Å²) in [5.41, 5.74) is 0. The number of hydrogen-bond donors (Lipinski definition) is 0. The Hall–Kier alpha value is -4.45. The molecule has 0 aliphatic rings. The molecule has 0 radical (unpaired) electrons. The number of rotatable bonds is 50. The SMILES string of the molecule is CC/C=C\C/C=C\C/C=C\C/C=C\C/C=C\CCCCCC(=O)OC[C@H](COC(=O)CCCCCCC/C=C\CCCCCCCC)OC(=O)CC/C=C\C/C=C\C/C=C\C/C=C\C/C=C\CCCCC. The van der Waals surface area contributed by atoms with Crippen molar-refractivity contribution in [2.75, 3.05) is 13.2 Å². The number of ether oxygens (including phenoxy) is 3. The van der Waals surface area contributed by atoms with E-state index in [4.69, 9.17) is 14.2 Å². The molecule has 6 heteroatoms. The number of carbonyl (C=O) groups excluding carboxylic acids is 3. The minimum atomic E-state index is -0.840. The van der Waals surface area contributed by atoms with E-state index in [-0.39, 0.29) is 31.6 Å². The molecule has 0 saturated heterocycles. The molecule has 0 heterocycles. The van der Waals surface area contributed by atoms with Gasteiger partial charge in [0.25, 0.3) is 0 Å². The molecule has 0 fully saturated rings. The summed E-state index contributed by atoms with van der Waals surface area (Å²) < 4.78 is 16.8. The maximum Gasteiger partial charge on any atom is 0.306 e. The quantitative estimate of drug-likeness (QED) is 0.0262. The van der Waals surface area contributed by atoms with Gasteiger partial charge in [0.05, 0.1) is 0 Å². The zero-order chi connectivity index (χ0) is 51.4. The topological polar surface area (TPSA) is 78.9 Å². The van der Waals surface area contributed by atoms with Gasteiger partial charge in [-0.05, 0) is 128 Å². The van der Waals surface area contributed by atoms with Crippen LogP contribution in [0.4, 0.5) is 0 Å². The highest BCUT2D eigenvalue weighted by atomic mass is 16.6. The molecule has 0 saturated carbocycles. The Morgan fingerprint density at radius 1 is 0.296 bits per heavy atom. The van der Waals surface area contributed by atoms with Crippen LogP contribution in [0.5, 0.6) is 0 Å². The van der Waals surface area contributed by atoms with Crippen LogP contribution in [0, 0.1) is 0 Å². The lowest BCUT2D eigenvalue weighted by atomic mass is 10.1. The van der Waals surface area contributed by atoms with E-state index < -0.39 is 12.1 Å². The van der Waals surface area contributed by atoms with Gasteiger partial charge >= 0.3 is 17.9 Å². The van der Waals surface area contributed by atoms with Gasteiger partial charge in [0.15, 0.2) is 6.10 Å². The third kappa shape index (κ3) is 56.3. The first-order valence-corrected chi connectivity index (χ1v) is 28.7. The van der Waals surface area contributed by atoms with Crippen molar-refractivity contribution in [1.29, 1.82) is 0 Å². The first-order chi connectivity index (χ1) is 35.0. The third-order valence-electron chi connectivity index (χ3n) is 11.6. The highest BCUT2D eigenvalue weighted by Gasteiger charge is 2.19. The average Bonchev–Trinajstić information content (AvgIpc) is 3.37. The molecule has 0 aromatic rings. The molecule has 0 unspecified atom stereocenters. The Morgan fingerprint density at radius 3 is 0.972 bits per heavy atom. The third-order valence-corrected chi connectivity index (χ3v) is 11.6. The Bertz CT molecular complexity index is 1550. The van der Waals surface area contributed by atoms with Gasteiger partial charge in [0, 0.05) is 19.3 Å². The Balaban J connectivity index is 4.60. The van der Waals surface area contributed by atoms with Crippen molar-refractivity contribution < 1.29 is 28.6 Å². The molecular weight excluding hydrogens is 877 g/mol. The average molecular weight is 982 g/mol. The van der Waals surface area contributed by atoms with Gasteiger partial charge in [0.1, 0.15) is 13.2 Å². The molecule has 0 aromatic carbocycles. The van der Waals surface area contributed by atoms with E-state index in [1.807, 2.05) is 12.2 Å². The predicted octanol–water partition coefficient (Wildman–Crippen LogP) is 19.4. The lowest BCUT2D eigenvalue weighted by Crippen LogP contribution is -2.30. The summed E-state index contributed by atoms with van der Waals surface area (Å²) in [6.07, 6.45) is 81.6. The molecule has 71 heavy (non-hydrogen) atoms. The number of hydrogen-bond acceptors (Lipinski definition) is 6. The zero-order valence-electron chi connectivity index (χ0n) is 45.7. The fraction of sp³-hybridized carbons (Fsp3) is 0.615. The highest BCUT2D eigenvalue weighted by Crippen LogP contribution is 2.12. The van der Waals surface area contributed by atoms with Crippen molar-refractivity contribution in [3.8, 4) is 0 Å².